The Labute approximate surface area is 376 Å². The molecule has 4 bridgehead atoms. The molecule has 0 aromatic carbocycles. The third-order valence-electron chi connectivity index (χ3n) is 11.7. The second-order valence-electron chi connectivity index (χ2n) is 16.6. The minimum absolute atomic E-state index is 0. The van der Waals surface area contributed by atoms with Gasteiger partial charge in [-0.1, -0.05) is 93.4 Å². The zero-order chi connectivity index (χ0) is 34.0. The summed E-state index contributed by atoms with van der Waals surface area (Å²) in [6.45, 7) is 50.0. The summed E-state index contributed by atoms with van der Waals surface area (Å²) in [4.78, 5) is 2.64. The van der Waals surface area contributed by atoms with Crippen molar-refractivity contribution in [2.75, 3.05) is 19.6 Å². The number of nitrogens with zero attached hydrogens (tertiary/aromatic N) is 1. The fourth-order valence-corrected chi connectivity index (χ4v) is 7.62. The summed E-state index contributed by atoms with van der Waals surface area (Å²) in [5.41, 5.74) is 0. The van der Waals surface area contributed by atoms with Crippen molar-refractivity contribution in [3.05, 3.63) is 41.5 Å². The van der Waals surface area contributed by atoms with Crippen LogP contribution in [0.5, 0.6) is 0 Å². The van der Waals surface area contributed by atoms with Gasteiger partial charge in [0.25, 0.3) is 0 Å². The number of rotatable bonds is 10. The van der Waals surface area contributed by atoms with Crippen molar-refractivity contribution in [3.8, 4) is 0 Å². The Hall–Kier alpha value is 3.27. The summed E-state index contributed by atoms with van der Waals surface area (Å²) < 4.78 is 0. The van der Waals surface area contributed by atoms with E-state index >= 15 is 0 Å². The number of piperidine rings is 3. The van der Waals surface area contributed by atoms with Crippen LogP contribution in [0.4, 0.5) is 0 Å². The molecule has 5 rings (SSSR count). The van der Waals surface area contributed by atoms with Gasteiger partial charge in [0.1, 0.15) is 0 Å². The molecular weight excluding hydrogens is 797 g/mol. The molecule has 4 heteroatoms. The predicted octanol–water partition coefficient (Wildman–Crippen LogP) is 12.8. The first-order chi connectivity index (χ1) is 20.6. The molecule has 47 heavy (non-hydrogen) atoms. The molecule has 5 aliphatic rings. The normalized spacial score (nSPS) is 26.4. The van der Waals surface area contributed by atoms with Crippen molar-refractivity contribution in [3.63, 3.8) is 0 Å². The molecule has 3 aliphatic heterocycles. The maximum atomic E-state index is 3.99. The van der Waals surface area contributed by atoms with Crippen molar-refractivity contribution in [1.29, 1.82) is 0 Å². The Kier molecular flexibility index (Phi) is 39.6. The third kappa shape index (κ3) is 24.3. The summed E-state index contributed by atoms with van der Waals surface area (Å²) in [5.74, 6) is 11.3. The molecule has 3 heterocycles. The Bertz CT molecular complexity index is 651. The van der Waals surface area contributed by atoms with Gasteiger partial charge in [-0.15, -0.1) is 6.42 Å². The molecule has 0 spiro atoms. The van der Waals surface area contributed by atoms with Crippen molar-refractivity contribution in [1.82, 2.24) is 4.90 Å². The summed E-state index contributed by atoms with van der Waals surface area (Å²) in [7, 11) is 0. The molecule has 2 saturated carbocycles. The van der Waals surface area contributed by atoms with E-state index in [1.54, 1.807) is 25.7 Å². The van der Waals surface area contributed by atoms with E-state index in [0.29, 0.717) is 17.8 Å². The van der Waals surface area contributed by atoms with Crippen molar-refractivity contribution in [2.45, 2.75) is 140 Å². The smallest absolute Gasteiger partial charge is 0.00148 e. The van der Waals surface area contributed by atoms with E-state index in [0.717, 1.165) is 91.3 Å². The van der Waals surface area contributed by atoms with E-state index in [2.05, 4.69) is 116 Å². The molecule has 3 saturated heterocycles. The molecule has 6 atom stereocenters. The van der Waals surface area contributed by atoms with Crippen LogP contribution in [0.2, 0.25) is 0 Å². The molecule has 0 aromatic heterocycles. The first-order valence-electron chi connectivity index (χ1n) is 19.2. The van der Waals surface area contributed by atoms with Crippen LogP contribution in [0.3, 0.4) is 0 Å². The fraction of sp³-hybridized carbons (Fsp3) is 0.860. The summed E-state index contributed by atoms with van der Waals surface area (Å²) in [5, 5.41) is 0. The van der Waals surface area contributed by atoms with Crippen molar-refractivity contribution in [2.24, 2.45) is 76.9 Å². The molecule has 0 N–H and O–H groups in total. The summed E-state index contributed by atoms with van der Waals surface area (Å²) in [6.07, 6.45) is 14.4. The monoisotopic (exact) mass is 880 g/mol. The summed E-state index contributed by atoms with van der Waals surface area (Å²) >= 11 is 0. The van der Waals surface area contributed by atoms with Crippen LogP contribution in [0.25, 0.3) is 0 Å². The van der Waals surface area contributed by atoms with Crippen LogP contribution >= 0.6 is 0 Å². The van der Waals surface area contributed by atoms with E-state index in [9.17, 15) is 0 Å². The molecule has 0 aromatic rings. The second-order valence-corrected chi connectivity index (χ2v) is 16.6. The van der Waals surface area contributed by atoms with Crippen molar-refractivity contribution >= 4 is 0 Å². The quantitative estimate of drug-likeness (QED) is 0.198. The number of hydrogen-bond acceptors (Lipinski definition) is 1. The van der Waals surface area contributed by atoms with Crippen molar-refractivity contribution < 1.29 is 98.1 Å². The molecule has 5 fully saturated rings. The maximum Gasteiger partial charge on any atom is 0.00148 e. The first-order valence-corrected chi connectivity index (χ1v) is 19.2. The van der Waals surface area contributed by atoms with Crippen LogP contribution in [-0.4, -0.2) is 24.5 Å². The van der Waals surface area contributed by atoms with Crippen LogP contribution in [0.1, 0.15) is 140 Å². The fourth-order valence-electron chi connectivity index (χ4n) is 7.62. The molecule has 4 unspecified atom stereocenters. The standard InChI is InChI=1S/C10H19N.C10H18.2C8H16.C7H14.3Y/c1-8(2)10-7-11-5-3-9(10)4-6-11;1-7(2)10-6-8-3-4-9(10)5-8;1-5-6-8(4)7(2)3;1-5-8(6-2)7(3)4;1-5-7(4)6(2)3;;;/h8-10H,3-7H2,1-2H3;7-10H,3-6H2,1-2H3;7-8H,1,4-6H2,2-3H3;7-8H,1-2,5-6H2,3-4H3;6-7H,1,4-5H2,2-3H3;;;/q;;3*-2;;;/t;8-,9+,10?;;;;;;/m.0....../s1. The topological polar surface area (TPSA) is 3.24 Å². The molecule has 3 radical (unpaired) electrons. The van der Waals surface area contributed by atoms with Crippen LogP contribution in [0, 0.1) is 118 Å². The minimum atomic E-state index is 0. The maximum absolute atomic E-state index is 3.99. The predicted molar refractivity (Wildman–Crippen MR) is 201 cm³/mol. The van der Waals surface area contributed by atoms with Gasteiger partial charge < -0.3 is 46.4 Å². The van der Waals surface area contributed by atoms with Gasteiger partial charge >= 0.3 is 0 Å². The molecule has 275 valence electrons. The zero-order valence-electron chi connectivity index (χ0n) is 33.8. The van der Waals surface area contributed by atoms with E-state index in [1.807, 2.05) is 0 Å². The van der Waals surface area contributed by atoms with E-state index in [-0.39, 0.29) is 98.1 Å². The third-order valence-corrected chi connectivity index (χ3v) is 11.7. The van der Waals surface area contributed by atoms with E-state index in [4.69, 9.17) is 0 Å². The average molecular weight is 881 g/mol. The molecule has 2 aliphatic carbocycles. The minimum Gasteiger partial charge on any atom is -0.345 e. The van der Waals surface area contributed by atoms with E-state index < -0.39 is 0 Å². The second kappa shape index (κ2) is 32.7. The van der Waals surface area contributed by atoms with E-state index in [1.165, 1.54) is 32.5 Å². The van der Waals surface area contributed by atoms with Gasteiger partial charge in [0.2, 0.25) is 0 Å². The number of fused-ring (bicyclic) bond motifs is 5. The Morgan fingerprint density at radius 3 is 1.19 bits per heavy atom. The van der Waals surface area contributed by atoms with Gasteiger partial charge in [-0.2, -0.15) is 31.1 Å². The zero-order valence-corrected chi connectivity index (χ0v) is 42.3. The average Bonchev–Trinajstić information content (AvgIpc) is 3.64. The number of hydrogen-bond donors (Lipinski definition) is 0. The van der Waals surface area contributed by atoms with Gasteiger partial charge in [0, 0.05) is 105 Å². The first kappa shape index (κ1) is 57.0. The Morgan fingerprint density at radius 1 is 0.553 bits per heavy atom. The van der Waals surface area contributed by atoms with Gasteiger partial charge in [-0.05, 0) is 92.5 Å². The van der Waals surface area contributed by atoms with Gasteiger partial charge in [-0.3, -0.25) is 0 Å². The SMILES string of the molecule is CC(C)C1CN2CCC1CC2.CC(C)C1C[C@H]2CC[C@@H]1C2.[CH2-]CC(C[CH2-])C(C)C.[CH2-]CC([CH2-])C(C)C.[CH2-]CCC([CH2-])C(C)C.[Y].[Y].[Y]. The molecular formula is C43H83NY3-6. The van der Waals surface area contributed by atoms with Crippen LogP contribution < -0.4 is 0 Å². The Morgan fingerprint density at radius 2 is 1.04 bits per heavy atom. The summed E-state index contributed by atoms with van der Waals surface area (Å²) in [6, 6.07) is 0. The van der Waals surface area contributed by atoms with Crippen LogP contribution in [0.15, 0.2) is 0 Å². The van der Waals surface area contributed by atoms with Crippen LogP contribution in [-0.2, 0) is 98.1 Å². The molecule has 1 nitrogen and oxygen atoms in total. The Balaban J connectivity index is -0.000000245. The van der Waals surface area contributed by atoms with Gasteiger partial charge in [-0.25, -0.2) is 6.42 Å². The molecule has 0 amide bonds. The van der Waals surface area contributed by atoms with Gasteiger partial charge in [0.05, 0.1) is 0 Å². The van der Waals surface area contributed by atoms with Gasteiger partial charge in [0.15, 0.2) is 0 Å². The largest absolute Gasteiger partial charge is 0.345 e.